The van der Waals surface area contributed by atoms with Crippen molar-refractivity contribution >= 4 is 22.6 Å². The lowest BCUT2D eigenvalue weighted by Crippen LogP contribution is -2.23. The summed E-state index contributed by atoms with van der Waals surface area (Å²) in [6, 6.07) is 13.6. The monoisotopic (exact) mass is 435 g/mol. The van der Waals surface area contributed by atoms with Gasteiger partial charge in [-0.25, -0.2) is 0 Å². The van der Waals surface area contributed by atoms with Gasteiger partial charge in [-0.2, -0.15) is 0 Å². The first kappa shape index (κ1) is 21.0. The first-order valence-electron chi connectivity index (χ1n) is 9.76. The molecule has 8 heteroatoms. The first-order valence-corrected chi connectivity index (χ1v) is 9.76. The van der Waals surface area contributed by atoms with E-state index in [0.29, 0.717) is 33.9 Å². The molecule has 0 aliphatic heterocycles. The normalized spacial score (nSPS) is 10.7. The van der Waals surface area contributed by atoms with Gasteiger partial charge in [0.2, 0.25) is 16.9 Å². The van der Waals surface area contributed by atoms with Crippen LogP contribution in [0.3, 0.4) is 0 Å². The predicted molar refractivity (Wildman–Crippen MR) is 119 cm³/mol. The van der Waals surface area contributed by atoms with Gasteiger partial charge in [0.05, 0.1) is 31.6 Å². The molecule has 0 spiro atoms. The molecular weight excluding hydrogens is 414 g/mol. The lowest BCUT2D eigenvalue weighted by molar-refractivity contribution is -0.118. The Balaban J connectivity index is 1.63. The van der Waals surface area contributed by atoms with Crippen molar-refractivity contribution in [3.8, 4) is 28.8 Å². The van der Waals surface area contributed by atoms with E-state index in [1.807, 2.05) is 13.0 Å². The van der Waals surface area contributed by atoms with E-state index in [0.717, 1.165) is 5.56 Å². The molecule has 0 bridgehead atoms. The number of nitrogens with one attached hydrogen (secondary N) is 1. The number of carbonyl (C=O) groups excluding carboxylic acids is 1. The van der Waals surface area contributed by atoms with Crippen LogP contribution in [0, 0.1) is 6.92 Å². The summed E-state index contributed by atoms with van der Waals surface area (Å²) >= 11 is 0. The van der Waals surface area contributed by atoms with E-state index in [1.54, 1.807) is 42.5 Å². The molecule has 0 saturated heterocycles. The molecule has 0 radical (unpaired) electrons. The lowest BCUT2D eigenvalue weighted by Gasteiger charge is -2.13. The molecule has 0 saturated carbocycles. The minimum Gasteiger partial charge on any atom is -0.497 e. The molecule has 32 heavy (non-hydrogen) atoms. The fourth-order valence-electron chi connectivity index (χ4n) is 3.22. The number of furan rings is 1. The standard InChI is InChI=1S/C24H21NO7/c1-14-6-9-18-16(11-14)22(27)24(23(32-18)19-5-4-10-30-19)31-13-21(26)25-17-8-7-15(28-2)12-20(17)29-3/h4-12H,13H2,1-3H3,(H,25,26). The third-order valence-corrected chi connectivity index (χ3v) is 4.78. The molecular formula is C24H21NO7. The molecule has 0 fully saturated rings. The number of hydrogen-bond donors (Lipinski definition) is 1. The summed E-state index contributed by atoms with van der Waals surface area (Å²) in [4.78, 5) is 25.7. The van der Waals surface area contributed by atoms with Crippen LogP contribution in [0.4, 0.5) is 5.69 Å². The van der Waals surface area contributed by atoms with E-state index in [9.17, 15) is 9.59 Å². The number of fused-ring (bicyclic) bond motifs is 1. The van der Waals surface area contributed by atoms with Gasteiger partial charge in [-0.15, -0.1) is 0 Å². The molecule has 0 aliphatic rings. The summed E-state index contributed by atoms with van der Waals surface area (Å²) in [5.74, 6) is 0.860. The summed E-state index contributed by atoms with van der Waals surface area (Å²) in [6.45, 7) is 1.44. The number of hydrogen-bond acceptors (Lipinski definition) is 7. The van der Waals surface area contributed by atoms with Crippen LogP contribution in [-0.2, 0) is 4.79 Å². The predicted octanol–water partition coefficient (Wildman–Crippen LogP) is 4.40. The first-order chi connectivity index (χ1) is 15.5. The summed E-state index contributed by atoms with van der Waals surface area (Å²) in [6.07, 6.45) is 1.46. The SMILES string of the molecule is COc1ccc(NC(=O)COc2c(-c3ccco3)oc3ccc(C)cc3c2=O)c(OC)c1. The molecule has 1 N–H and O–H groups in total. The van der Waals surface area contributed by atoms with Crippen molar-refractivity contribution in [2.75, 3.05) is 26.1 Å². The minimum atomic E-state index is -0.484. The van der Waals surface area contributed by atoms with Crippen molar-refractivity contribution in [1.29, 1.82) is 0 Å². The van der Waals surface area contributed by atoms with E-state index < -0.39 is 17.9 Å². The number of carbonyl (C=O) groups is 1. The van der Waals surface area contributed by atoms with Crippen molar-refractivity contribution < 1.29 is 27.8 Å². The van der Waals surface area contributed by atoms with Gasteiger partial charge in [-0.1, -0.05) is 11.6 Å². The Labute approximate surface area is 183 Å². The third kappa shape index (κ3) is 4.15. The lowest BCUT2D eigenvalue weighted by atomic mass is 10.1. The van der Waals surface area contributed by atoms with Crippen LogP contribution in [0.25, 0.3) is 22.5 Å². The molecule has 4 aromatic rings. The van der Waals surface area contributed by atoms with Crippen molar-refractivity contribution in [3.63, 3.8) is 0 Å². The van der Waals surface area contributed by atoms with Gasteiger partial charge in [0, 0.05) is 6.07 Å². The topological polar surface area (TPSA) is 100 Å². The van der Waals surface area contributed by atoms with Gasteiger partial charge in [-0.05, 0) is 43.3 Å². The maximum Gasteiger partial charge on any atom is 0.262 e. The van der Waals surface area contributed by atoms with Gasteiger partial charge < -0.3 is 28.4 Å². The van der Waals surface area contributed by atoms with Crippen molar-refractivity contribution in [3.05, 3.63) is 70.6 Å². The second-order valence-corrected chi connectivity index (χ2v) is 6.97. The molecule has 0 unspecified atom stereocenters. The van der Waals surface area contributed by atoms with Crippen LogP contribution in [0.1, 0.15) is 5.56 Å². The fourth-order valence-corrected chi connectivity index (χ4v) is 3.22. The van der Waals surface area contributed by atoms with Crippen molar-refractivity contribution in [2.24, 2.45) is 0 Å². The Bertz CT molecular complexity index is 1320. The minimum absolute atomic E-state index is 0.102. The number of benzene rings is 2. The maximum atomic E-state index is 13.1. The quantitative estimate of drug-likeness (QED) is 0.459. The Morgan fingerprint density at radius 3 is 2.62 bits per heavy atom. The zero-order valence-electron chi connectivity index (χ0n) is 17.8. The summed E-state index contributed by atoms with van der Waals surface area (Å²) in [5.41, 5.74) is 1.34. The zero-order valence-corrected chi connectivity index (χ0v) is 17.8. The average molecular weight is 435 g/mol. The van der Waals surface area contributed by atoms with Gasteiger partial charge in [-0.3, -0.25) is 9.59 Å². The van der Waals surface area contributed by atoms with Crippen LogP contribution in [0.2, 0.25) is 0 Å². The molecule has 1 amide bonds. The highest BCUT2D eigenvalue weighted by atomic mass is 16.5. The summed E-state index contributed by atoms with van der Waals surface area (Å²) in [5, 5.41) is 3.06. The zero-order chi connectivity index (χ0) is 22.7. The summed E-state index contributed by atoms with van der Waals surface area (Å²) < 4.78 is 27.4. The molecule has 4 rings (SSSR count). The fraction of sp³-hybridized carbons (Fsp3) is 0.167. The van der Waals surface area contributed by atoms with Gasteiger partial charge in [0.25, 0.3) is 5.91 Å². The van der Waals surface area contributed by atoms with E-state index in [4.69, 9.17) is 23.0 Å². The highest BCUT2D eigenvalue weighted by molar-refractivity contribution is 5.93. The molecule has 8 nitrogen and oxygen atoms in total. The Morgan fingerprint density at radius 2 is 1.91 bits per heavy atom. The second-order valence-electron chi connectivity index (χ2n) is 6.97. The van der Waals surface area contributed by atoms with Crippen LogP contribution in [0.5, 0.6) is 17.2 Å². The van der Waals surface area contributed by atoms with E-state index in [-0.39, 0.29) is 11.5 Å². The number of ether oxygens (including phenoxy) is 3. The number of methoxy groups -OCH3 is 2. The van der Waals surface area contributed by atoms with Crippen LogP contribution < -0.4 is 25.0 Å². The van der Waals surface area contributed by atoms with Crippen LogP contribution in [-0.4, -0.2) is 26.7 Å². The molecule has 0 aliphatic carbocycles. The highest BCUT2D eigenvalue weighted by Gasteiger charge is 2.21. The Kier molecular flexibility index (Phi) is 5.85. The van der Waals surface area contributed by atoms with Crippen molar-refractivity contribution in [2.45, 2.75) is 6.92 Å². The second kappa shape index (κ2) is 8.89. The number of amides is 1. The van der Waals surface area contributed by atoms with Gasteiger partial charge in [0.15, 0.2) is 12.4 Å². The third-order valence-electron chi connectivity index (χ3n) is 4.78. The molecule has 2 heterocycles. The number of rotatable bonds is 7. The van der Waals surface area contributed by atoms with Crippen LogP contribution in [0.15, 0.2) is 68.4 Å². The Hall–Kier alpha value is -4.20. The smallest absolute Gasteiger partial charge is 0.262 e. The van der Waals surface area contributed by atoms with E-state index in [2.05, 4.69) is 5.32 Å². The van der Waals surface area contributed by atoms with Crippen molar-refractivity contribution in [1.82, 2.24) is 0 Å². The largest absolute Gasteiger partial charge is 0.497 e. The van der Waals surface area contributed by atoms with E-state index >= 15 is 0 Å². The number of anilines is 1. The average Bonchev–Trinajstić information content (AvgIpc) is 3.33. The Morgan fingerprint density at radius 1 is 1.06 bits per heavy atom. The highest BCUT2D eigenvalue weighted by Crippen LogP contribution is 2.32. The van der Waals surface area contributed by atoms with Crippen LogP contribution >= 0.6 is 0 Å². The summed E-state index contributed by atoms with van der Waals surface area (Å²) in [7, 11) is 3.02. The number of aryl methyl sites for hydroxylation is 1. The molecule has 164 valence electrons. The maximum absolute atomic E-state index is 13.1. The molecule has 0 atom stereocenters. The molecule has 2 aromatic heterocycles. The van der Waals surface area contributed by atoms with Gasteiger partial charge >= 0.3 is 0 Å². The van der Waals surface area contributed by atoms with E-state index in [1.165, 1.54) is 20.5 Å². The molecule has 2 aromatic carbocycles. The van der Waals surface area contributed by atoms with Gasteiger partial charge in [0.1, 0.15) is 17.1 Å².